The largest absolute Gasteiger partial charge is 0.494 e. The molecule has 0 bridgehead atoms. The third-order valence-corrected chi connectivity index (χ3v) is 6.08. The van der Waals surface area contributed by atoms with E-state index in [1.165, 1.54) is 12.8 Å². The van der Waals surface area contributed by atoms with E-state index in [9.17, 15) is 4.79 Å². The molecular weight excluding hydrogens is 396 g/mol. The van der Waals surface area contributed by atoms with Crippen molar-refractivity contribution < 1.29 is 9.53 Å². The Morgan fingerprint density at radius 2 is 1.90 bits per heavy atom. The van der Waals surface area contributed by atoms with E-state index in [4.69, 9.17) is 9.84 Å². The number of carbonyl (C=O) groups excluding carboxylic acids is 1. The van der Waals surface area contributed by atoms with Gasteiger partial charge in [0.2, 0.25) is 11.1 Å². The Bertz CT molecular complexity index is 889. The van der Waals surface area contributed by atoms with Gasteiger partial charge in [0, 0.05) is 17.0 Å². The van der Waals surface area contributed by atoms with Crippen LogP contribution < -0.4 is 10.1 Å². The monoisotopic (exact) mass is 428 g/mol. The fraction of sp³-hybridized carbons (Fsp3) is 0.522. The maximum Gasteiger partial charge on any atom is 0.227 e. The highest BCUT2D eigenvalue weighted by Gasteiger charge is 2.32. The topological polar surface area (TPSA) is 69.0 Å². The molecule has 1 aliphatic heterocycles. The Balaban J connectivity index is 1.86. The number of anilines is 1. The summed E-state index contributed by atoms with van der Waals surface area (Å²) in [5.41, 5.74) is 2.55. The first kappa shape index (κ1) is 22.4. The lowest BCUT2D eigenvalue weighted by molar-refractivity contribution is -0.114. The minimum Gasteiger partial charge on any atom is -0.494 e. The second-order valence-electron chi connectivity index (χ2n) is 7.61. The molecule has 1 aliphatic rings. The highest BCUT2D eigenvalue weighted by Crippen LogP contribution is 2.37. The number of Topliss-reactive ketones (excluding diaryl/α,β-unsaturated/α-hetero) is 1. The highest BCUT2D eigenvalue weighted by atomic mass is 32.2. The van der Waals surface area contributed by atoms with Gasteiger partial charge in [0.15, 0.2) is 5.78 Å². The molecule has 2 aromatic rings. The van der Waals surface area contributed by atoms with Crippen LogP contribution in [0.4, 0.5) is 5.95 Å². The molecule has 1 aromatic carbocycles. The molecule has 0 saturated carbocycles. The zero-order chi connectivity index (χ0) is 21.5. The van der Waals surface area contributed by atoms with Crippen molar-refractivity contribution in [2.24, 2.45) is 0 Å². The average Bonchev–Trinajstić information content (AvgIpc) is 3.13. The van der Waals surface area contributed by atoms with Crippen LogP contribution in [-0.4, -0.2) is 32.9 Å². The number of nitrogens with zero attached hydrogens (tertiary/aromatic N) is 3. The summed E-state index contributed by atoms with van der Waals surface area (Å²) >= 11 is 1.66. The summed E-state index contributed by atoms with van der Waals surface area (Å²) in [5, 5.41) is 8.73. The van der Waals surface area contributed by atoms with Crippen LogP contribution in [0.3, 0.4) is 0 Å². The lowest BCUT2D eigenvalue weighted by Crippen LogP contribution is -2.27. The molecule has 0 radical (unpaired) electrons. The molecule has 1 unspecified atom stereocenters. The molecule has 0 amide bonds. The number of carbonyl (C=O) groups is 1. The minimum atomic E-state index is -0.291. The number of benzene rings is 1. The molecule has 0 aliphatic carbocycles. The molecule has 2 heterocycles. The third kappa shape index (κ3) is 5.25. The number of allylic oxidation sites excluding steroid dienone is 2. The normalized spacial score (nSPS) is 15.7. The van der Waals surface area contributed by atoms with Crippen molar-refractivity contribution >= 4 is 23.5 Å². The van der Waals surface area contributed by atoms with E-state index in [1.54, 1.807) is 18.7 Å². The summed E-state index contributed by atoms with van der Waals surface area (Å²) in [6.45, 7) is 8.62. The van der Waals surface area contributed by atoms with Crippen molar-refractivity contribution in [3.05, 3.63) is 41.1 Å². The van der Waals surface area contributed by atoms with E-state index in [0.717, 1.165) is 53.8 Å². The van der Waals surface area contributed by atoms with Crippen LogP contribution in [0.15, 0.2) is 40.7 Å². The molecule has 7 heteroatoms. The summed E-state index contributed by atoms with van der Waals surface area (Å²) in [6, 6.07) is 7.71. The lowest BCUT2D eigenvalue weighted by Gasteiger charge is -2.28. The number of ether oxygens (including phenoxy) is 1. The zero-order valence-corrected chi connectivity index (χ0v) is 19.2. The van der Waals surface area contributed by atoms with Crippen LogP contribution in [0.1, 0.15) is 71.4 Å². The van der Waals surface area contributed by atoms with Gasteiger partial charge in [-0.2, -0.15) is 4.98 Å². The van der Waals surface area contributed by atoms with Gasteiger partial charge in [-0.1, -0.05) is 57.0 Å². The fourth-order valence-corrected chi connectivity index (χ4v) is 4.47. The number of rotatable bonds is 11. The summed E-state index contributed by atoms with van der Waals surface area (Å²) in [5.74, 6) is 2.55. The number of fused-ring (bicyclic) bond motifs is 1. The summed E-state index contributed by atoms with van der Waals surface area (Å²) in [6.07, 6.45) is 5.68. The molecule has 30 heavy (non-hydrogen) atoms. The van der Waals surface area contributed by atoms with Gasteiger partial charge in [-0.05, 0) is 44.4 Å². The van der Waals surface area contributed by atoms with E-state index in [-0.39, 0.29) is 11.8 Å². The van der Waals surface area contributed by atoms with Crippen LogP contribution >= 0.6 is 11.8 Å². The predicted molar refractivity (Wildman–Crippen MR) is 122 cm³/mol. The number of thioether (sulfide) groups is 1. The molecule has 1 N–H and O–H groups in total. The zero-order valence-electron chi connectivity index (χ0n) is 18.4. The van der Waals surface area contributed by atoms with Gasteiger partial charge in [0.05, 0.1) is 6.61 Å². The maximum absolute atomic E-state index is 12.5. The van der Waals surface area contributed by atoms with Crippen molar-refractivity contribution in [1.29, 1.82) is 0 Å². The number of hydrogen-bond acceptors (Lipinski definition) is 6. The molecule has 162 valence electrons. The quantitative estimate of drug-likeness (QED) is 0.370. The minimum absolute atomic E-state index is 0.0335. The Hall–Kier alpha value is -2.28. The second kappa shape index (κ2) is 10.7. The standard InChI is InChI=1S/C23H32N4O2S/c1-5-7-9-14-29-19-12-10-18(11-13-19)21-20(17(4)28)16(3)24-22-25-23(26-27(21)22)30-15-8-6-2/h10-13,21H,5-9,14-15H2,1-4H3,(H,24,25,26). The van der Waals surface area contributed by atoms with Gasteiger partial charge in [0.25, 0.3) is 0 Å². The van der Waals surface area contributed by atoms with Crippen LogP contribution in [0.2, 0.25) is 0 Å². The van der Waals surface area contributed by atoms with Crippen LogP contribution in [0, 0.1) is 0 Å². The summed E-state index contributed by atoms with van der Waals surface area (Å²) < 4.78 is 7.69. The molecular formula is C23H32N4O2S. The summed E-state index contributed by atoms with van der Waals surface area (Å²) in [4.78, 5) is 17.2. The van der Waals surface area contributed by atoms with Gasteiger partial charge in [-0.15, -0.1) is 5.10 Å². The molecule has 0 saturated heterocycles. The van der Waals surface area contributed by atoms with E-state index in [1.807, 2.05) is 35.9 Å². The van der Waals surface area contributed by atoms with Gasteiger partial charge < -0.3 is 10.1 Å². The number of ketones is 1. The number of unbranched alkanes of at least 4 members (excludes halogenated alkanes) is 3. The maximum atomic E-state index is 12.5. The summed E-state index contributed by atoms with van der Waals surface area (Å²) in [7, 11) is 0. The molecule has 1 atom stereocenters. The Morgan fingerprint density at radius 3 is 2.57 bits per heavy atom. The fourth-order valence-electron chi connectivity index (χ4n) is 3.55. The smallest absolute Gasteiger partial charge is 0.227 e. The Kier molecular flexibility index (Phi) is 7.96. The van der Waals surface area contributed by atoms with Crippen LogP contribution in [0.25, 0.3) is 0 Å². The molecule has 0 spiro atoms. The first-order valence-electron chi connectivity index (χ1n) is 10.9. The Morgan fingerprint density at radius 1 is 1.17 bits per heavy atom. The van der Waals surface area contributed by atoms with Crippen LogP contribution in [-0.2, 0) is 4.79 Å². The molecule has 0 fully saturated rings. The van der Waals surface area contributed by atoms with E-state index >= 15 is 0 Å². The van der Waals surface area contributed by atoms with Crippen molar-refractivity contribution in [1.82, 2.24) is 14.8 Å². The first-order chi connectivity index (χ1) is 14.5. The molecule has 3 rings (SSSR count). The lowest BCUT2D eigenvalue weighted by atomic mass is 9.93. The Labute approximate surface area is 183 Å². The number of nitrogens with one attached hydrogen (secondary N) is 1. The predicted octanol–water partition coefficient (Wildman–Crippen LogP) is 5.62. The van der Waals surface area contributed by atoms with Gasteiger partial charge in [-0.3, -0.25) is 4.79 Å². The van der Waals surface area contributed by atoms with E-state index in [0.29, 0.717) is 11.5 Å². The SMILES string of the molecule is CCCCCOc1ccc(C2C(C(C)=O)=C(C)Nc3nc(SCCCC)nn32)cc1. The van der Waals surface area contributed by atoms with E-state index in [2.05, 4.69) is 24.1 Å². The number of aromatic nitrogens is 3. The van der Waals surface area contributed by atoms with Gasteiger partial charge in [0.1, 0.15) is 11.8 Å². The van der Waals surface area contributed by atoms with Crippen molar-refractivity contribution in [3.8, 4) is 5.75 Å². The van der Waals surface area contributed by atoms with Gasteiger partial charge >= 0.3 is 0 Å². The second-order valence-corrected chi connectivity index (χ2v) is 8.67. The highest BCUT2D eigenvalue weighted by molar-refractivity contribution is 7.99. The van der Waals surface area contributed by atoms with Crippen molar-refractivity contribution in [3.63, 3.8) is 0 Å². The molecule has 1 aromatic heterocycles. The van der Waals surface area contributed by atoms with Gasteiger partial charge in [-0.25, -0.2) is 4.68 Å². The van der Waals surface area contributed by atoms with Crippen LogP contribution in [0.5, 0.6) is 5.75 Å². The molecule has 6 nitrogen and oxygen atoms in total. The average molecular weight is 429 g/mol. The number of hydrogen-bond donors (Lipinski definition) is 1. The van der Waals surface area contributed by atoms with Crippen molar-refractivity contribution in [2.75, 3.05) is 17.7 Å². The van der Waals surface area contributed by atoms with Crippen molar-refractivity contribution in [2.45, 2.75) is 71.0 Å². The third-order valence-electron chi connectivity index (χ3n) is 5.15. The first-order valence-corrected chi connectivity index (χ1v) is 11.8. The van der Waals surface area contributed by atoms with E-state index < -0.39 is 0 Å².